The van der Waals surface area contributed by atoms with Crippen LogP contribution in [0.25, 0.3) is 21.3 Å². The third-order valence-corrected chi connectivity index (χ3v) is 7.57. The summed E-state index contributed by atoms with van der Waals surface area (Å²) < 4.78 is 13.5. The van der Waals surface area contributed by atoms with Crippen LogP contribution in [0.15, 0.2) is 60.8 Å². The van der Waals surface area contributed by atoms with Gasteiger partial charge in [0.25, 0.3) is 5.91 Å². The van der Waals surface area contributed by atoms with Gasteiger partial charge in [-0.15, -0.1) is 11.3 Å². The third kappa shape index (κ3) is 4.40. The molecule has 0 radical (unpaired) electrons. The fraction of sp³-hybridized carbons (Fsp3) is 0.296. The summed E-state index contributed by atoms with van der Waals surface area (Å²) in [5.74, 6) is -0.00278. The van der Waals surface area contributed by atoms with Gasteiger partial charge >= 0.3 is 0 Å². The highest BCUT2D eigenvalue weighted by Gasteiger charge is 2.34. The molecule has 4 aromatic rings. The van der Waals surface area contributed by atoms with E-state index in [2.05, 4.69) is 22.2 Å². The van der Waals surface area contributed by atoms with E-state index in [1.807, 2.05) is 42.2 Å². The summed E-state index contributed by atoms with van der Waals surface area (Å²) in [6, 6.07) is 16.4. The number of likely N-dealkylation sites (tertiary alicyclic amines) is 1. The van der Waals surface area contributed by atoms with Gasteiger partial charge in [0.15, 0.2) is 0 Å². The number of amides is 1. The van der Waals surface area contributed by atoms with Crippen molar-refractivity contribution < 1.29 is 9.18 Å². The number of para-hydroxylation sites is 1. The fourth-order valence-corrected chi connectivity index (χ4v) is 5.69. The lowest BCUT2D eigenvalue weighted by molar-refractivity contribution is 0.0535. The van der Waals surface area contributed by atoms with Gasteiger partial charge in [-0.25, -0.2) is 9.37 Å². The van der Waals surface area contributed by atoms with Crippen LogP contribution in [-0.4, -0.2) is 39.9 Å². The number of nitrogens with one attached hydrogen (secondary N) is 1. The fourth-order valence-electron chi connectivity index (χ4n) is 4.78. The van der Waals surface area contributed by atoms with Crippen molar-refractivity contribution in [1.82, 2.24) is 14.9 Å². The highest BCUT2D eigenvalue weighted by Crippen LogP contribution is 2.33. The number of thiazole rings is 1. The van der Waals surface area contributed by atoms with Gasteiger partial charge in [0.1, 0.15) is 11.5 Å². The largest absolute Gasteiger partial charge is 0.381 e. The van der Waals surface area contributed by atoms with Crippen LogP contribution in [0.5, 0.6) is 0 Å². The van der Waals surface area contributed by atoms with E-state index in [9.17, 15) is 9.18 Å². The Morgan fingerprint density at radius 2 is 1.97 bits per heavy atom. The molecule has 1 aliphatic heterocycles. The van der Waals surface area contributed by atoms with Crippen LogP contribution in [-0.2, 0) is 0 Å². The Morgan fingerprint density at radius 1 is 1.18 bits per heavy atom. The number of hydrogen-bond acceptors (Lipinski definition) is 5. The molecule has 2 aromatic carbocycles. The molecule has 1 saturated heterocycles. The van der Waals surface area contributed by atoms with Crippen molar-refractivity contribution in [3.8, 4) is 10.4 Å². The van der Waals surface area contributed by atoms with Gasteiger partial charge in [0, 0.05) is 24.7 Å². The number of halogens is 1. The molecular formula is C27H27FN4OS. The first-order valence-electron chi connectivity index (χ1n) is 11.6. The maximum Gasteiger partial charge on any atom is 0.274 e. The average molecular weight is 475 g/mol. The van der Waals surface area contributed by atoms with Crippen molar-refractivity contribution in [1.29, 1.82) is 0 Å². The molecule has 174 valence electrons. The summed E-state index contributed by atoms with van der Waals surface area (Å²) in [6.07, 6.45) is 3.84. The van der Waals surface area contributed by atoms with Crippen molar-refractivity contribution in [2.45, 2.75) is 32.7 Å². The normalized spacial score (nSPS) is 18.3. The third-order valence-electron chi connectivity index (χ3n) is 6.55. The zero-order valence-electron chi connectivity index (χ0n) is 19.3. The van der Waals surface area contributed by atoms with Crippen molar-refractivity contribution in [2.75, 3.05) is 18.4 Å². The highest BCUT2D eigenvalue weighted by atomic mass is 32.1. The zero-order valence-corrected chi connectivity index (χ0v) is 20.1. The predicted molar refractivity (Wildman–Crippen MR) is 136 cm³/mol. The lowest BCUT2D eigenvalue weighted by Gasteiger charge is -2.40. The Morgan fingerprint density at radius 3 is 2.79 bits per heavy atom. The molecule has 7 heteroatoms. The standard InChI is InChI=1S/C27H27FN4OS/c1-17-6-5-15-32(23(17)16-30-22-9-3-7-19-8-4-14-29-24(19)22)27(33)25-26(34-18(2)31-25)20-10-12-21(28)13-11-20/h3-4,7-14,17,23,30H,5-6,15-16H2,1-2H3/t17-,23-/m0/s1. The minimum atomic E-state index is -0.295. The van der Waals surface area contributed by atoms with Crippen molar-refractivity contribution >= 4 is 33.8 Å². The molecule has 0 aliphatic carbocycles. The number of aromatic nitrogens is 2. The van der Waals surface area contributed by atoms with Gasteiger partial charge in [0.2, 0.25) is 0 Å². The van der Waals surface area contributed by atoms with Gasteiger partial charge in [-0.2, -0.15) is 0 Å². The first-order chi connectivity index (χ1) is 16.5. The highest BCUT2D eigenvalue weighted by molar-refractivity contribution is 7.15. The second-order valence-corrected chi connectivity index (χ2v) is 10.1. The van der Waals surface area contributed by atoms with E-state index in [0.717, 1.165) is 44.9 Å². The van der Waals surface area contributed by atoms with E-state index in [1.54, 1.807) is 18.3 Å². The molecule has 0 bridgehead atoms. The number of hydrogen-bond donors (Lipinski definition) is 1. The van der Waals surface area contributed by atoms with Crippen molar-refractivity contribution in [3.05, 3.63) is 77.3 Å². The molecule has 3 heterocycles. The maximum atomic E-state index is 13.8. The predicted octanol–water partition coefficient (Wildman–Crippen LogP) is 6.16. The number of benzene rings is 2. The van der Waals surface area contributed by atoms with E-state index in [1.165, 1.54) is 23.5 Å². The van der Waals surface area contributed by atoms with Gasteiger partial charge in [-0.05, 0) is 55.5 Å². The minimum absolute atomic E-state index is 0.0308. The Bertz CT molecular complexity index is 1310. The van der Waals surface area contributed by atoms with Crippen LogP contribution in [0.3, 0.4) is 0 Å². The van der Waals surface area contributed by atoms with E-state index < -0.39 is 0 Å². The van der Waals surface area contributed by atoms with E-state index >= 15 is 0 Å². The van der Waals surface area contributed by atoms with Crippen LogP contribution in [0, 0.1) is 18.7 Å². The molecule has 0 saturated carbocycles. The molecule has 5 rings (SSSR count). The molecule has 1 N–H and O–H groups in total. The summed E-state index contributed by atoms with van der Waals surface area (Å²) in [4.78, 5) is 25.7. The smallest absolute Gasteiger partial charge is 0.274 e. The van der Waals surface area contributed by atoms with Gasteiger partial charge in [-0.1, -0.05) is 37.3 Å². The molecule has 1 fully saturated rings. The number of nitrogens with zero attached hydrogens (tertiary/aromatic N) is 3. The minimum Gasteiger partial charge on any atom is -0.381 e. The van der Waals surface area contributed by atoms with Crippen LogP contribution < -0.4 is 5.32 Å². The lowest BCUT2D eigenvalue weighted by Crippen LogP contribution is -2.51. The zero-order chi connectivity index (χ0) is 23.7. The molecule has 2 atom stereocenters. The number of rotatable bonds is 5. The summed E-state index contributed by atoms with van der Waals surface area (Å²) in [6.45, 7) is 5.44. The second kappa shape index (κ2) is 9.50. The van der Waals surface area contributed by atoms with E-state index in [0.29, 0.717) is 24.7 Å². The number of aryl methyl sites for hydroxylation is 1. The Balaban J connectivity index is 1.42. The van der Waals surface area contributed by atoms with Crippen LogP contribution >= 0.6 is 11.3 Å². The topological polar surface area (TPSA) is 58.1 Å². The molecule has 2 aromatic heterocycles. The van der Waals surface area contributed by atoms with E-state index in [-0.39, 0.29) is 17.8 Å². The van der Waals surface area contributed by atoms with Crippen molar-refractivity contribution in [3.63, 3.8) is 0 Å². The summed E-state index contributed by atoms with van der Waals surface area (Å²) in [7, 11) is 0. The summed E-state index contributed by atoms with van der Waals surface area (Å²) >= 11 is 1.47. The summed E-state index contributed by atoms with van der Waals surface area (Å²) in [5, 5.41) is 5.47. The Kier molecular flexibility index (Phi) is 6.28. The first kappa shape index (κ1) is 22.5. The molecule has 5 nitrogen and oxygen atoms in total. The number of carbonyl (C=O) groups is 1. The number of piperidine rings is 1. The molecule has 34 heavy (non-hydrogen) atoms. The number of carbonyl (C=O) groups excluding carboxylic acids is 1. The van der Waals surface area contributed by atoms with Crippen molar-refractivity contribution in [2.24, 2.45) is 5.92 Å². The molecule has 0 unspecified atom stereocenters. The number of fused-ring (bicyclic) bond motifs is 1. The van der Waals surface area contributed by atoms with Crippen LogP contribution in [0.1, 0.15) is 35.3 Å². The van der Waals surface area contributed by atoms with E-state index in [4.69, 9.17) is 0 Å². The second-order valence-electron chi connectivity index (χ2n) is 8.86. The molecule has 1 amide bonds. The van der Waals surface area contributed by atoms with Gasteiger partial charge < -0.3 is 10.2 Å². The SMILES string of the molecule is Cc1nc(C(=O)N2CCC[C@H](C)[C@@H]2CNc2cccc3cccnc23)c(-c2ccc(F)cc2)s1. The Hall–Kier alpha value is -3.32. The lowest BCUT2D eigenvalue weighted by atomic mass is 9.90. The quantitative estimate of drug-likeness (QED) is 0.376. The van der Waals surface area contributed by atoms with Crippen LogP contribution in [0.4, 0.5) is 10.1 Å². The average Bonchev–Trinajstić information content (AvgIpc) is 3.24. The number of pyridine rings is 1. The monoisotopic (exact) mass is 474 g/mol. The summed E-state index contributed by atoms with van der Waals surface area (Å²) in [5.41, 5.74) is 3.18. The van der Waals surface area contributed by atoms with Gasteiger partial charge in [0.05, 0.1) is 27.1 Å². The molecule has 0 spiro atoms. The molecule has 1 aliphatic rings. The van der Waals surface area contributed by atoms with Crippen LogP contribution in [0.2, 0.25) is 0 Å². The molecular weight excluding hydrogens is 447 g/mol. The first-order valence-corrected chi connectivity index (χ1v) is 12.4. The Labute approximate surface area is 202 Å². The maximum absolute atomic E-state index is 13.8. The number of anilines is 1. The van der Waals surface area contributed by atoms with Gasteiger partial charge in [-0.3, -0.25) is 9.78 Å².